The standard InChI is InChI=1S/C10H21NO4S/c1-5-7-10(3,9(12)15-4)11-16(13,14)8-6-2/h11H,5-8H2,1-4H3. The van der Waals surface area contributed by atoms with Crippen LogP contribution in [0.5, 0.6) is 0 Å². The van der Waals surface area contributed by atoms with Crippen LogP contribution in [0.2, 0.25) is 0 Å². The number of esters is 1. The monoisotopic (exact) mass is 251 g/mol. The van der Waals surface area contributed by atoms with Crippen LogP contribution in [0.3, 0.4) is 0 Å². The minimum atomic E-state index is -3.42. The molecule has 0 aliphatic carbocycles. The maximum absolute atomic E-state index is 11.6. The summed E-state index contributed by atoms with van der Waals surface area (Å²) in [5.41, 5.74) is -1.16. The van der Waals surface area contributed by atoms with Crippen molar-refractivity contribution in [3.63, 3.8) is 0 Å². The molecule has 0 bridgehead atoms. The van der Waals surface area contributed by atoms with Crippen molar-refractivity contribution in [2.24, 2.45) is 0 Å². The van der Waals surface area contributed by atoms with E-state index in [-0.39, 0.29) is 5.75 Å². The highest BCUT2D eigenvalue weighted by Crippen LogP contribution is 2.16. The Morgan fingerprint density at radius 2 is 1.88 bits per heavy atom. The molecule has 0 saturated heterocycles. The molecule has 0 rings (SSSR count). The Balaban J connectivity index is 4.87. The summed E-state index contributed by atoms with van der Waals surface area (Å²) in [6.45, 7) is 5.21. The molecular weight excluding hydrogens is 230 g/mol. The molecule has 0 aromatic carbocycles. The van der Waals surface area contributed by atoms with Gasteiger partial charge in [-0.3, -0.25) is 4.79 Å². The van der Waals surface area contributed by atoms with Crippen molar-refractivity contribution in [2.45, 2.75) is 45.6 Å². The molecule has 0 aromatic rings. The van der Waals surface area contributed by atoms with Crippen molar-refractivity contribution >= 4 is 16.0 Å². The van der Waals surface area contributed by atoms with Crippen LogP contribution in [0.4, 0.5) is 0 Å². The molecular formula is C10H21NO4S. The Kier molecular flexibility index (Phi) is 5.96. The molecule has 6 heteroatoms. The van der Waals surface area contributed by atoms with Crippen LogP contribution in [0, 0.1) is 0 Å². The lowest BCUT2D eigenvalue weighted by Gasteiger charge is -2.27. The Morgan fingerprint density at radius 3 is 2.25 bits per heavy atom. The molecule has 0 aliphatic heterocycles. The van der Waals surface area contributed by atoms with Gasteiger partial charge in [0.1, 0.15) is 5.54 Å². The largest absolute Gasteiger partial charge is 0.468 e. The fraction of sp³-hybridized carbons (Fsp3) is 0.900. The highest BCUT2D eigenvalue weighted by atomic mass is 32.2. The first-order valence-electron chi connectivity index (χ1n) is 5.41. The SMILES string of the molecule is CCCC(C)(NS(=O)(=O)CCC)C(=O)OC. The minimum Gasteiger partial charge on any atom is -0.468 e. The number of sulfonamides is 1. The first kappa shape index (κ1) is 15.4. The van der Waals surface area contributed by atoms with E-state index in [1.807, 2.05) is 6.92 Å². The number of nitrogens with one attached hydrogen (secondary N) is 1. The molecule has 1 atom stereocenters. The highest BCUT2D eigenvalue weighted by molar-refractivity contribution is 7.89. The van der Waals surface area contributed by atoms with Crippen molar-refractivity contribution in [2.75, 3.05) is 12.9 Å². The van der Waals surface area contributed by atoms with Gasteiger partial charge in [-0.15, -0.1) is 0 Å². The van der Waals surface area contributed by atoms with Crippen molar-refractivity contribution < 1.29 is 17.9 Å². The third-order valence-corrected chi connectivity index (χ3v) is 3.95. The molecule has 5 nitrogen and oxygen atoms in total. The second-order valence-corrected chi connectivity index (χ2v) is 5.84. The predicted molar refractivity (Wildman–Crippen MR) is 62.5 cm³/mol. The molecule has 0 aromatic heterocycles. The van der Waals surface area contributed by atoms with E-state index in [1.54, 1.807) is 13.8 Å². The van der Waals surface area contributed by atoms with Crippen molar-refractivity contribution in [1.29, 1.82) is 0 Å². The van der Waals surface area contributed by atoms with Gasteiger partial charge in [-0.25, -0.2) is 8.42 Å². The Hall–Kier alpha value is -0.620. The fourth-order valence-electron chi connectivity index (χ4n) is 1.58. The third-order valence-electron chi connectivity index (χ3n) is 2.24. The molecule has 0 fully saturated rings. The second-order valence-electron chi connectivity index (χ2n) is 3.99. The molecule has 1 unspecified atom stereocenters. The Labute approximate surface area is 97.6 Å². The van der Waals surface area contributed by atoms with Crippen LogP contribution in [-0.2, 0) is 19.6 Å². The van der Waals surface area contributed by atoms with Gasteiger partial charge in [0.15, 0.2) is 0 Å². The number of hydrogen-bond acceptors (Lipinski definition) is 4. The van der Waals surface area contributed by atoms with E-state index in [0.29, 0.717) is 19.3 Å². The number of hydrogen-bond donors (Lipinski definition) is 1. The average molecular weight is 251 g/mol. The summed E-state index contributed by atoms with van der Waals surface area (Å²) < 4.78 is 30.3. The lowest BCUT2D eigenvalue weighted by atomic mass is 9.98. The zero-order valence-corrected chi connectivity index (χ0v) is 11.2. The summed E-state index contributed by atoms with van der Waals surface area (Å²) in [6, 6.07) is 0. The van der Waals surface area contributed by atoms with Gasteiger partial charge in [0, 0.05) is 0 Å². The van der Waals surface area contributed by atoms with Gasteiger partial charge in [-0.2, -0.15) is 4.72 Å². The van der Waals surface area contributed by atoms with Crippen LogP contribution in [0.15, 0.2) is 0 Å². The summed E-state index contributed by atoms with van der Waals surface area (Å²) in [7, 11) is -2.16. The van der Waals surface area contributed by atoms with Gasteiger partial charge in [-0.05, 0) is 19.8 Å². The summed E-state index contributed by atoms with van der Waals surface area (Å²) in [5, 5.41) is 0. The van der Waals surface area contributed by atoms with Gasteiger partial charge < -0.3 is 4.74 Å². The molecule has 0 aliphatic rings. The number of carbonyl (C=O) groups excluding carboxylic acids is 1. The summed E-state index contributed by atoms with van der Waals surface area (Å²) in [6.07, 6.45) is 1.63. The predicted octanol–water partition coefficient (Wildman–Crippen LogP) is 1.05. The van der Waals surface area contributed by atoms with E-state index in [1.165, 1.54) is 7.11 Å². The van der Waals surface area contributed by atoms with E-state index in [9.17, 15) is 13.2 Å². The van der Waals surface area contributed by atoms with Gasteiger partial charge in [-0.1, -0.05) is 20.3 Å². The van der Waals surface area contributed by atoms with Crippen molar-refractivity contribution in [1.82, 2.24) is 4.72 Å². The summed E-state index contributed by atoms with van der Waals surface area (Å²) in [5.74, 6) is -0.530. The highest BCUT2D eigenvalue weighted by Gasteiger charge is 2.37. The lowest BCUT2D eigenvalue weighted by Crippen LogP contribution is -2.53. The number of carbonyl (C=O) groups is 1. The minimum absolute atomic E-state index is 0.0172. The van der Waals surface area contributed by atoms with Gasteiger partial charge >= 0.3 is 5.97 Å². The molecule has 1 N–H and O–H groups in total. The molecule has 0 radical (unpaired) electrons. The molecule has 96 valence electrons. The average Bonchev–Trinajstić information content (AvgIpc) is 2.15. The maximum atomic E-state index is 11.6. The first-order chi connectivity index (χ1) is 7.31. The summed E-state index contributed by atoms with van der Waals surface area (Å²) >= 11 is 0. The molecule has 16 heavy (non-hydrogen) atoms. The Morgan fingerprint density at radius 1 is 1.31 bits per heavy atom. The quantitative estimate of drug-likeness (QED) is 0.686. The van der Waals surface area contributed by atoms with Crippen LogP contribution in [0.25, 0.3) is 0 Å². The van der Waals surface area contributed by atoms with Gasteiger partial charge in [0.05, 0.1) is 12.9 Å². The normalized spacial score (nSPS) is 15.5. The third kappa shape index (κ3) is 4.49. The van der Waals surface area contributed by atoms with E-state index in [4.69, 9.17) is 0 Å². The first-order valence-corrected chi connectivity index (χ1v) is 7.06. The second kappa shape index (κ2) is 6.20. The number of rotatable bonds is 7. The smallest absolute Gasteiger partial charge is 0.326 e. The topological polar surface area (TPSA) is 72.5 Å². The molecule has 0 amide bonds. The Bertz CT molecular complexity index is 326. The maximum Gasteiger partial charge on any atom is 0.326 e. The van der Waals surface area contributed by atoms with Crippen LogP contribution in [-0.4, -0.2) is 32.8 Å². The van der Waals surface area contributed by atoms with Crippen molar-refractivity contribution in [3.8, 4) is 0 Å². The van der Waals surface area contributed by atoms with E-state index < -0.39 is 21.5 Å². The van der Waals surface area contributed by atoms with Gasteiger partial charge in [0.25, 0.3) is 0 Å². The lowest BCUT2D eigenvalue weighted by molar-refractivity contribution is -0.147. The van der Waals surface area contributed by atoms with E-state index in [2.05, 4.69) is 9.46 Å². The van der Waals surface area contributed by atoms with E-state index >= 15 is 0 Å². The fourth-order valence-corrected chi connectivity index (χ4v) is 3.09. The molecule has 0 heterocycles. The van der Waals surface area contributed by atoms with Crippen molar-refractivity contribution in [3.05, 3.63) is 0 Å². The molecule has 0 saturated carbocycles. The number of methoxy groups -OCH3 is 1. The zero-order valence-electron chi connectivity index (χ0n) is 10.4. The number of ether oxygens (including phenoxy) is 1. The van der Waals surface area contributed by atoms with E-state index in [0.717, 1.165) is 0 Å². The molecule has 0 spiro atoms. The summed E-state index contributed by atoms with van der Waals surface area (Å²) in [4.78, 5) is 11.6. The van der Waals surface area contributed by atoms with Gasteiger partial charge in [0.2, 0.25) is 10.0 Å². The van der Waals surface area contributed by atoms with Crippen LogP contribution < -0.4 is 4.72 Å². The van der Waals surface area contributed by atoms with Crippen LogP contribution >= 0.6 is 0 Å². The zero-order chi connectivity index (χ0) is 12.8. The van der Waals surface area contributed by atoms with Crippen LogP contribution in [0.1, 0.15) is 40.0 Å².